The molecule has 3 aromatic carbocycles. The van der Waals surface area contributed by atoms with Crippen molar-refractivity contribution in [3.63, 3.8) is 0 Å². The van der Waals surface area contributed by atoms with Crippen molar-refractivity contribution < 1.29 is 14.3 Å². The molecular formula is C31H38N2O3. The number of carbonyl (C=O) groups excluding carboxylic acids is 2. The zero-order valence-electron chi connectivity index (χ0n) is 21.7. The summed E-state index contributed by atoms with van der Waals surface area (Å²) in [5.74, 6) is 0.625. The van der Waals surface area contributed by atoms with Crippen molar-refractivity contribution in [3.05, 3.63) is 102 Å². The molecular weight excluding hydrogens is 448 g/mol. The van der Waals surface area contributed by atoms with E-state index in [4.69, 9.17) is 4.74 Å². The van der Waals surface area contributed by atoms with Gasteiger partial charge >= 0.3 is 0 Å². The first-order chi connectivity index (χ1) is 17.5. The highest BCUT2D eigenvalue weighted by molar-refractivity contribution is 5.88. The third-order valence-electron chi connectivity index (χ3n) is 6.25. The molecule has 5 heteroatoms. The van der Waals surface area contributed by atoms with Gasteiger partial charge in [0.05, 0.1) is 6.61 Å². The van der Waals surface area contributed by atoms with Crippen LogP contribution in [0.5, 0.6) is 5.75 Å². The fourth-order valence-electron chi connectivity index (χ4n) is 4.08. The number of hydrogen-bond acceptors (Lipinski definition) is 3. The quantitative estimate of drug-likeness (QED) is 0.315. The smallest absolute Gasteiger partial charge is 0.243 e. The van der Waals surface area contributed by atoms with Crippen LogP contribution in [0.2, 0.25) is 0 Å². The molecule has 0 fully saturated rings. The van der Waals surface area contributed by atoms with Crippen LogP contribution in [0.25, 0.3) is 0 Å². The van der Waals surface area contributed by atoms with Gasteiger partial charge in [0.2, 0.25) is 11.8 Å². The second kappa shape index (κ2) is 14.1. The number of nitrogens with one attached hydrogen (secondary N) is 1. The normalized spacial score (nSPS) is 12.4. The lowest BCUT2D eigenvalue weighted by Crippen LogP contribution is -2.52. The lowest BCUT2D eigenvalue weighted by molar-refractivity contribution is -0.141. The molecule has 0 aliphatic carbocycles. The van der Waals surface area contributed by atoms with Gasteiger partial charge in [0.25, 0.3) is 0 Å². The van der Waals surface area contributed by atoms with Crippen LogP contribution in [0, 0.1) is 6.92 Å². The van der Waals surface area contributed by atoms with Crippen molar-refractivity contribution in [3.8, 4) is 5.75 Å². The van der Waals surface area contributed by atoms with Gasteiger partial charge < -0.3 is 15.0 Å². The summed E-state index contributed by atoms with van der Waals surface area (Å²) >= 11 is 0. The summed E-state index contributed by atoms with van der Waals surface area (Å²) in [5, 5.41) is 3.11. The number of nitrogens with zero attached hydrogens (tertiary/aromatic N) is 1. The summed E-state index contributed by atoms with van der Waals surface area (Å²) < 4.78 is 5.79. The number of benzene rings is 3. The van der Waals surface area contributed by atoms with Crippen LogP contribution in [0.4, 0.5) is 0 Å². The van der Waals surface area contributed by atoms with Gasteiger partial charge in [0, 0.05) is 25.4 Å². The lowest BCUT2D eigenvalue weighted by atomic mass is 10.0. The Hall–Kier alpha value is -3.60. The SMILES string of the molecule is CC[C@@H](C)NC(=O)[C@H](Cc1ccccc1)N(Cc1cccc(C)c1)C(=O)CCCOc1ccccc1. The highest BCUT2D eigenvalue weighted by Crippen LogP contribution is 2.18. The number of carbonyl (C=O) groups is 2. The Balaban J connectivity index is 1.80. The second-order valence-electron chi connectivity index (χ2n) is 9.30. The molecule has 0 aliphatic heterocycles. The standard InChI is InChI=1S/C31H38N2O3/c1-4-25(3)32-31(35)29(22-26-14-7-5-8-15-26)33(23-27-16-11-13-24(2)21-27)30(34)19-12-20-36-28-17-9-6-10-18-28/h5-11,13-18,21,25,29H,4,12,19-20,22-23H2,1-3H3,(H,32,35)/t25-,29+/m1/s1. The first kappa shape index (κ1) is 27.0. The fourth-order valence-corrected chi connectivity index (χ4v) is 4.08. The number of hydrogen-bond donors (Lipinski definition) is 1. The van der Waals surface area contributed by atoms with Crippen LogP contribution in [0.15, 0.2) is 84.9 Å². The van der Waals surface area contributed by atoms with Crippen molar-refractivity contribution in [2.24, 2.45) is 0 Å². The summed E-state index contributed by atoms with van der Waals surface area (Å²) in [7, 11) is 0. The minimum absolute atomic E-state index is 0.0333. The average molecular weight is 487 g/mol. The zero-order chi connectivity index (χ0) is 25.8. The van der Waals surface area contributed by atoms with Gasteiger partial charge in [0.15, 0.2) is 0 Å². The van der Waals surface area contributed by atoms with Crippen LogP contribution in [0.3, 0.4) is 0 Å². The molecule has 0 aromatic heterocycles. The number of ether oxygens (including phenoxy) is 1. The third-order valence-corrected chi connectivity index (χ3v) is 6.25. The molecule has 0 aliphatic rings. The van der Waals surface area contributed by atoms with E-state index in [2.05, 4.69) is 11.4 Å². The van der Waals surface area contributed by atoms with E-state index in [0.717, 1.165) is 28.9 Å². The second-order valence-corrected chi connectivity index (χ2v) is 9.30. The topological polar surface area (TPSA) is 58.6 Å². The number of para-hydroxylation sites is 1. The average Bonchev–Trinajstić information content (AvgIpc) is 2.89. The molecule has 0 bridgehead atoms. The Labute approximate surface area is 215 Å². The van der Waals surface area contributed by atoms with E-state index in [0.29, 0.717) is 32.4 Å². The summed E-state index contributed by atoms with van der Waals surface area (Å²) in [6.45, 7) is 6.89. The van der Waals surface area contributed by atoms with E-state index >= 15 is 0 Å². The molecule has 2 atom stereocenters. The van der Waals surface area contributed by atoms with Gasteiger partial charge in [0.1, 0.15) is 11.8 Å². The maximum absolute atomic E-state index is 13.6. The van der Waals surface area contributed by atoms with E-state index in [1.807, 2.05) is 99.6 Å². The highest BCUT2D eigenvalue weighted by Gasteiger charge is 2.30. The first-order valence-electron chi connectivity index (χ1n) is 12.8. The molecule has 3 rings (SSSR count). The summed E-state index contributed by atoms with van der Waals surface area (Å²) in [6, 6.07) is 27.0. The molecule has 2 amide bonds. The summed E-state index contributed by atoms with van der Waals surface area (Å²) in [6.07, 6.45) is 2.16. The van der Waals surface area contributed by atoms with E-state index in [9.17, 15) is 9.59 Å². The minimum Gasteiger partial charge on any atom is -0.494 e. The monoisotopic (exact) mass is 486 g/mol. The Morgan fingerprint density at radius 1 is 0.917 bits per heavy atom. The van der Waals surface area contributed by atoms with Gasteiger partial charge in [-0.3, -0.25) is 9.59 Å². The number of amides is 2. The van der Waals surface area contributed by atoms with Crippen molar-refractivity contribution in [2.75, 3.05) is 6.61 Å². The predicted octanol–water partition coefficient (Wildman–Crippen LogP) is 5.71. The van der Waals surface area contributed by atoms with Crippen molar-refractivity contribution in [1.29, 1.82) is 0 Å². The van der Waals surface area contributed by atoms with E-state index < -0.39 is 6.04 Å². The van der Waals surface area contributed by atoms with E-state index in [1.54, 1.807) is 4.90 Å². The van der Waals surface area contributed by atoms with Gasteiger partial charge in [-0.05, 0) is 49.9 Å². The highest BCUT2D eigenvalue weighted by atomic mass is 16.5. The molecule has 190 valence electrons. The molecule has 0 heterocycles. The van der Waals surface area contributed by atoms with Crippen LogP contribution in [0.1, 0.15) is 49.8 Å². The molecule has 5 nitrogen and oxygen atoms in total. The molecule has 1 N–H and O–H groups in total. The maximum Gasteiger partial charge on any atom is 0.243 e. The number of aryl methyl sites for hydroxylation is 1. The van der Waals surface area contributed by atoms with Gasteiger partial charge in [-0.15, -0.1) is 0 Å². The zero-order valence-corrected chi connectivity index (χ0v) is 21.7. The summed E-state index contributed by atoms with van der Waals surface area (Å²) in [5.41, 5.74) is 3.16. The van der Waals surface area contributed by atoms with Crippen LogP contribution in [-0.2, 0) is 22.6 Å². The van der Waals surface area contributed by atoms with Crippen LogP contribution in [-0.4, -0.2) is 35.4 Å². The van der Waals surface area contributed by atoms with Crippen molar-refractivity contribution in [1.82, 2.24) is 10.2 Å². The van der Waals surface area contributed by atoms with Crippen molar-refractivity contribution >= 4 is 11.8 Å². The van der Waals surface area contributed by atoms with Crippen LogP contribution >= 0.6 is 0 Å². The van der Waals surface area contributed by atoms with E-state index in [1.165, 1.54) is 0 Å². The lowest BCUT2D eigenvalue weighted by Gasteiger charge is -2.32. The molecule has 36 heavy (non-hydrogen) atoms. The number of rotatable bonds is 13. The summed E-state index contributed by atoms with van der Waals surface area (Å²) in [4.78, 5) is 28.9. The predicted molar refractivity (Wildman–Crippen MR) is 145 cm³/mol. The van der Waals surface area contributed by atoms with Gasteiger partial charge in [-0.25, -0.2) is 0 Å². The Kier molecular flexibility index (Phi) is 10.6. The fraction of sp³-hybridized carbons (Fsp3) is 0.355. The molecule has 0 spiro atoms. The third kappa shape index (κ3) is 8.56. The first-order valence-corrected chi connectivity index (χ1v) is 12.8. The molecule has 0 radical (unpaired) electrons. The Morgan fingerprint density at radius 3 is 2.25 bits per heavy atom. The molecule has 3 aromatic rings. The molecule has 0 unspecified atom stereocenters. The molecule has 0 saturated heterocycles. The minimum atomic E-state index is -0.607. The van der Waals surface area contributed by atoms with Gasteiger partial charge in [-0.2, -0.15) is 0 Å². The maximum atomic E-state index is 13.6. The van der Waals surface area contributed by atoms with Crippen LogP contribution < -0.4 is 10.1 Å². The Bertz CT molecular complexity index is 1090. The van der Waals surface area contributed by atoms with Crippen molar-refractivity contribution in [2.45, 2.75) is 65.1 Å². The molecule has 0 saturated carbocycles. The van der Waals surface area contributed by atoms with E-state index in [-0.39, 0.29) is 17.9 Å². The van der Waals surface area contributed by atoms with Gasteiger partial charge in [-0.1, -0.05) is 85.3 Å². The Morgan fingerprint density at radius 2 is 1.58 bits per heavy atom. The largest absolute Gasteiger partial charge is 0.494 e.